The van der Waals surface area contributed by atoms with Gasteiger partial charge in [-0.1, -0.05) is 24.3 Å². The molecule has 0 aliphatic rings. The van der Waals surface area contributed by atoms with Gasteiger partial charge in [-0.3, -0.25) is 14.6 Å². The molecule has 2 aromatic carbocycles. The van der Waals surface area contributed by atoms with Crippen molar-refractivity contribution in [1.29, 1.82) is 0 Å². The minimum atomic E-state index is -0.246. The summed E-state index contributed by atoms with van der Waals surface area (Å²) in [5.74, 6) is -0.486. The van der Waals surface area contributed by atoms with Crippen LogP contribution in [0.3, 0.4) is 0 Å². The first-order chi connectivity index (χ1) is 13.2. The molecule has 0 radical (unpaired) electrons. The zero-order valence-electron chi connectivity index (χ0n) is 14.3. The minimum absolute atomic E-state index is 0.239. The monoisotopic (exact) mass is 356 g/mol. The molecule has 4 aromatic rings. The second kappa shape index (κ2) is 7.13. The van der Waals surface area contributed by atoms with Gasteiger partial charge in [0.2, 0.25) is 0 Å². The fourth-order valence-corrected chi connectivity index (χ4v) is 2.78. The number of benzene rings is 2. The predicted molar refractivity (Wildman–Crippen MR) is 105 cm³/mol. The Labute approximate surface area is 155 Å². The van der Waals surface area contributed by atoms with E-state index in [1.54, 1.807) is 54.9 Å². The Morgan fingerprint density at radius 1 is 0.778 bits per heavy atom. The van der Waals surface area contributed by atoms with Gasteiger partial charge in [-0.05, 0) is 42.5 Å². The Morgan fingerprint density at radius 2 is 1.48 bits per heavy atom. The summed E-state index contributed by atoms with van der Waals surface area (Å²) in [6.45, 7) is 0. The van der Waals surface area contributed by atoms with Crippen molar-refractivity contribution in [2.45, 2.75) is 0 Å². The first kappa shape index (κ1) is 16.5. The molecule has 0 unspecified atom stereocenters. The second-order valence-electron chi connectivity index (χ2n) is 6.00. The molecule has 0 saturated carbocycles. The zero-order chi connectivity index (χ0) is 18.6. The van der Waals surface area contributed by atoms with Crippen LogP contribution in [0.2, 0.25) is 0 Å². The lowest BCUT2D eigenvalue weighted by atomic mass is 10.2. The number of nitrogens with one attached hydrogen (secondary N) is 3. The van der Waals surface area contributed by atoms with Crippen LogP contribution in [0.1, 0.15) is 20.8 Å². The number of rotatable bonds is 4. The van der Waals surface area contributed by atoms with Gasteiger partial charge >= 0.3 is 0 Å². The lowest BCUT2D eigenvalue weighted by molar-refractivity contribution is 0.101. The number of hydrogen-bond acceptors (Lipinski definition) is 3. The maximum absolute atomic E-state index is 12.5. The standard InChI is InChI=1S/C21H16N4O2/c26-20(14-8-10-22-11-9-14)23-16-5-3-6-17(13-16)24-21(27)19-12-15-4-1-2-7-18(15)25-19/h1-13,25H,(H,23,26)(H,24,27). The van der Waals surface area contributed by atoms with E-state index >= 15 is 0 Å². The van der Waals surface area contributed by atoms with Crippen molar-refractivity contribution in [3.05, 3.63) is 90.4 Å². The number of fused-ring (bicyclic) bond motifs is 1. The van der Waals surface area contributed by atoms with Crippen molar-refractivity contribution < 1.29 is 9.59 Å². The third-order valence-electron chi connectivity index (χ3n) is 4.10. The van der Waals surface area contributed by atoms with Crippen molar-refractivity contribution in [2.75, 3.05) is 10.6 Å². The van der Waals surface area contributed by atoms with Crippen LogP contribution in [-0.4, -0.2) is 21.8 Å². The number of pyridine rings is 1. The van der Waals surface area contributed by atoms with Gasteiger partial charge in [-0.15, -0.1) is 0 Å². The quantitative estimate of drug-likeness (QED) is 0.515. The van der Waals surface area contributed by atoms with Gasteiger partial charge in [0.15, 0.2) is 0 Å². The molecule has 132 valence electrons. The van der Waals surface area contributed by atoms with Crippen LogP contribution in [0.5, 0.6) is 0 Å². The molecule has 0 atom stereocenters. The summed E-state index contributed by atoms with van der Waals surface area (Å²) in [5, 5.41) is 6.62. The number of nitrogens with zero attached hydrogens (tertiary/aromatic N) is 1. The second-order valence-corrected chi connectivity index (χ2v) is 6.00. The summed E-state index contributed by atoms with van der Waals surface area (Å²) >= 11 is 0. The van der Waals surface area contributed by atoms with E-state index in [0.29, 0.717) is 22.6 Å². The molecule has 0 fully saturated rings. The highest BCUT2D eigenvalue weighted by Crippen LogP contribution is 2.19. The van der Waals surface area contributed by atoms with Crippen LogP contribution in [0, 0.1) is 0 Å². The van der Waals surface area contributed by atoms with E-state index in [0.717, 1.165) is 10.9 Å². The number of amides is 2. The molecular weight excluding hydrogens is 340 g/mol. The van der Waals surface area contributed by atoms with E-state index < -0.39 is 0 Å². The fraction of sp³-hybridized carbons (Fsp3) is 0. The van der Waals surface area contributed by atoms with Gasteiger partial charge in [0.05, 0.1) is 0 Å². The maximum atomic E-state index is 12.5. The Bertz CT molecular complexity index is 1090. The third-order valence-corrected chi connectivity index (χ3v) is 4.10. The summed E-state index contributed by atoms with van der Waals surface area (Å²) in [4.78, 5) is 31.7. The molecule has 4 rings (SSSR count). The lowest BCUT2D eigenvalue weighted by Gasteiger charge is -2.08. The Hall–Kier alpha value is -3.93. The fourth-order valence-electron chi connectivity index (χ4n) is 2.78. The molecule has 2 amide bonds. The number of para-hydroxylation sites is 1. The van der Waals surface area contributed by atoms with Crippen molar-refractivity contribution in [1.82, 2.24) is 9.97 Å². The summed E-state index contributed by atoms with van der Waals surface area (Å²) < 4.78 is 0. The third kappa shape index (κ3) is 3.69. The summed E-state index contributed by atoms with van der Waals surface area (Å²) in [5.41, 5.74) is 3.07. The van der Waals surface area contributed by atoms with Gasteiger partial charge in [0.25, 0.3) is 11.8 Å². The molecule has 0 bridgehead atoms. The van der Waals surface area contributed by atoms with Crippen LogP contribution in [-0.2, 0) is 0 Å². The van der Waals surface area contributed by atoms with Gasteiger partial charge < -0.3 is 15.6 Å². The average molecular weight is 356 g/mol. The normalized spacial score (nSPS) is 10.5. The summed E-state index contributed by atoms with van der Waals surface area (Å²) in [6, 6.07) is 19.8. The first-order valence-electron chi connectivity index (χ1n) is 8.39. The number of aromatic amines is 1. The zero-order valence-corrected chi connectivity index (χ0v) is 14.3. The molecule has 6 heteroatoms. The van der Waals surface area contributed by atoms with Gasteiger partial charge in [0, 0.05) is 40.2 Å². The minimum Gasteiger partial charge on any atom is -0.351 e. The maximum Gasteiger partial charge on any atom is 0.272 e. The molecule has 0 aliphatic carbocycles. The van der Waals surface area contributed by atoms with Crippen molar-refractivity contribution in [2.24, 2.45) is 0 Å². The SMILES string of the molecule is O=C(Nc1cccc(NC(=O)c2cc3ccccc3[nH]2)c1)c1ccncc1. The predicted octanol–water partition coefficient (Wildman–Crippen LogP) is 4.07. The number of aromatic nitrogens is 2. The number of H-pyrrole nitrogens is 1. The van der Waals surface area contributed by atoms with Crippen molar-refractivity contribution in [3.63, 3.8) is 0 Å². The van der Waals surface area contributed by atoms with Gasteiger partial charge in [0.1, 0.15) is 5.69 Å². The van der Waals surface area contributed by atoms with E-state index in [4.69, 9.17) is 0 Å². The smallest absolute Gasteiger partial charge is 0.272 e. The molecular formula is C21H16N4O2. The molecule has 0 saturated heterocycles. The van der Waals surface area contributed by atoms with Crippen LogP contribution >= 0.6 is 0 Å². The Kier molecular flexibility index (Phi) is 4.37. The van der Waals surface area contributed by atoms with Crippen LogP contribution in [0.25, 0.3) is 10.9 Å². The lowest BCUT2D eigenvalue weighted by Crippen LogP contribution is -2.14. The summed E-state index contributed by atoms with van der Waals surface area (Å²) in [6.07, 6.45) is 3.12. The van der Waals surface area contributed by atoms with Gasteiger partial charge in [-0.25, -0.2) is 0 Å². The van der Waals surface area contributed by atoms with Crippen LogP contribution < -0.4 is 10.6 Å². The molecule has 6 nitrogen and oxygen atoms in total. The molecule has 2 aromatic heterocycles. The average Bonchev–Trinajstić information content (AvgIpc) is 3.13. The van der Waals surface area contributed by atoms with E-state index in [1.165, 1.54) is 0 Å². The number of hydrogen-bond donors (Lipinski definition) is 3. The summed E-state index contributed by atoms with van der Waals surface area (Å²) in [7, 11) is 0. The number of carbonyl (C=O) groups is 2. The largest absolute Gasteiger partial charge is 0.351 e. The molecule has 0 spiro atoms. The van der Waals surface area contributed by atoms with E-state index in [1.807, 2.05) is 24.3 Å². The van der Waals surface area contributed by atoms with E-state index in [9.17, 15) is 9.59 Å². The molecule has 0 aliphatic heterocycles. The highest BCUT2D eigenvalue weighted by Gasteiger charge is 2.11. The van der Waals surface area contributed by atoms with Crippen molar-refractivity contribution >= 4 is 34.1 Å². The van der Waals surface area contributed by atoms with Gasteiger partial charge in [-0.2, -0.15) is 0 Å². The highest BCUT2D eigenvalue weighted by molar-refractivity contribution is 6.07. The first-order valence-corrected chi connectivity index (χ1v) is 8.39. The molecule has 27 heavy (non-hydrogen) atoms. The molecule has 3 N–H and O–H groups in total. The Morgan fingerprint density at radius 3 is 2.22 bits per heavy atom. The molecule has 2 heterocycles. The number of anilines is 2. The van der Waals surface area contributed by atoms with Crippen LogP contribution in [0.15, 0.2) is 79.1 Å². The Balaban J connectivity index is 1.49. The number of carbonyl (C=O) groups excluding carboxylic acids is 2. The van der Waals surface area contributed by atoms with E-state index in [-0.39, 0.29) is 11.8 Å². The topological polar surface area (TPSA) is 86.9 Å². The van der Waals surface area contributed by atoms with E-state index in [2.05, 4.69) is 20.6 Å². The van der Waals surface area contributed by atoms with Crippen molar-refractivity contribution in [3.8, 4) is 0 Å². The van der Waals surface area contributed by atoms with Crippen LogP contribution in [0.4, 0.5) is 11.4 Å². The highest BCUT2D eigenvalue weighted by atomic mass is 16.2.